The number of hydrogen-bond acceptors (Lipinski definition) is 2. The minimum absolute atomic E-state index is 0.195. The van der Waals surface area contributed by atoms with Crippen LogP contribution in [0, 0.1) is 12.3 Å². The van der Waals surface area contributed by atoms with Crippen molar-refractivity contribution < 1.29 is 9.59 Å². The summed E-state index contributed by atoms with van der Waals surface area (Å²) >= 11 is 0. The number of nitrogens with one attached hydrogen (secondary N) is 1. The van der Waals surface area contributed by atoms with Crippen LogP contribution in [-0.2, 0) is 16.0 Å². The van der Waals surface area contributed by atoms with Crippen molar-refractivity contribution in [3.8, 4) is 12.3 Å². The van der Waals surface area contributed by atoms with Gasteiger partial charge >= 0.3 is 0 Å². The van der Waals surface area contributed by atoms with Gasteiger partial charge < -0.3 is 10.2 Å². The van der Waals surface area contributed by atoms with E-state index in [0.29, 0.717) is 17.8 Å². The summed E-state index contributed by atoms with van der Waals surface area (Å²) in [5, 5.41) is 2.70. The Hall–Kier alpha value is -3.32. The summed E-state index contributed by atoms with van der Waals surface area (Å²) in [6.45, 7) is 0.659. The molecular formula is C21H18N2O2. The number of anilines is 2. The number of nitrogens with zero attached hydrogens (tertiary/aromatic N) is 1. The Morgan fingerprint density at radius 2 is 1.96 bits per heavy atom. The van der Waals surface area contributed by atoms with Crippen LogP contribution in [0.2, 0.25) is 0 Å². The third-order valence-electron chi connectivity index (χ3n) is 4.05. The van der Waals surface area contributed by atoms with E-state index < -0.39 is 0 Å². The van der Waals surface area contributed by atoms with Gasteiger partial charge in [0.25, 0.3) is 5.91 Å². The second kappa shape index (κ2) is 7.50. The molecule has 0 atom stereocenters. The largest absolute Gasteiger partial charge is 0.322 e. The first kappa shape index (κ1) is 16.5. The Bertz CT molecular complexity index is 877. The maximum atomic E-state index is 12.5. The smallest absolute Gasteiger partial charge is 0.251 e. The van der Waals surface area contributed by atoms with Crippen LogP contribution < -0.4 is 10.2 Å². The highest BCUT2D eigenvalue weighted by molar-refractivity contribution is 6.08. The first-order chi connectivity index (χ1) is 12.2. The van der Waals surface area contributed by atoms with Gasteiger partial charge in [0.1, 0.15) is 0 Å². The standard InChI is InChI=1S/C21H18N2O2/c1-2-16-7-5-10-18(15-16)22-20(24)12-13-21(25)23-14-6-9-17-8-3-4-11-19(17)23/h1,3-5,7-8,10-13,15H,6,9,14H2,(H,22,24)/b13-12+. The average molecular weight is 330 g/mol. The van der Waals surface area contributed by atoms with Crippen LogP contribution in [-0.4, -0.2) is 18.4 Å². The van der Waals surface area contributed by atoms with E-state index in [4.69, 9.17) is 6.42 Å². The van der Waals surface area contributed by atoms with E-state index in [2.05, 4.69) is 11.2 Å². The molecule has 3 rings (SSSR count). The molecule has 1 aliphatic heterocycles. The zero-order valence-corrected chi connectivity index (χ0v) is 13.7. The van der Waals surface area contributed by atoms with Gasteiger partial charge in [0, 0.05) is 35.6 Å². The van der Waals surface area contributed by atoms with Crippen molar-refractivity contribution >= 4 is 23.2 Å². The van der Waals surface area contributed by atoms with E-state index in [-0.39, 0.29) is 11.8 Å². The summed E-state index contributed by atoms with van der Waals surface area (Å²) in [4.78, 5) is 26.2. The Morgan fingerprint density at radius 3 is 2.80 bits per heavy atom. The number of rotatable bonds is 3. The topological polar surface area (TPSA) is 49.4 Å². The molecule has 1 aliphatic rings. The van der Waals surface area contributed by atoms with Crippen LogP contribution in [0.3, 0.4) is 0 Å². The fourth-order valence-electron chi connectivity index (χ4n) is 2.87. The molecule has 0 aliphatic carbocycles. The number of benzene rings is 2. The maximum Gasteiger partial charge on any atom is 0.251 e. The zero-order chi connectivity index (χ0) is 17.6. The number of amides is 2. The Labute approximate surface area is 147 Å². The van der Waals surface area contributed by atoms with Crippen molar-refractivity contribution in [2.75, 3.05) is 16.8 Å². The molecule has 0 saturated heterocycles. The highest BCUT2D eigenvalue weighted by atomic mass is 16.2. The Kier molecular flexibility index (Phi) is 4.96. The van der Waals surface area contributed by atoms with Gasteiger partial charge in [-0.1, -0.05) is 30.2 Å². The molecule has 124 valence electrons. The summed E-state index contributed by atoms with van der Waals surface area (Å²) in [6, 6.07) is 14.9. The summed E-state index contributed by atoms with van der Waals surface area (Å²) in [5.74, 6) is 1.95. The lowest BCUT2D eigenvalue weighted by molar-refractivity contribution is -0.115. The van der Waals surface area contributed by atoms with Gasteiger partial charge in [-0.15, -0.1) is 6.42 Å². The van der Waals surface area contributed by atoms with E-state index >= 15 is 0 Å². The van der Waals surface area contributed by atoms with Gasteiger partial charge in [0.15, 0.2) is 0 Å². The predicted molar refractivity (Wildman–Crippen MR) is 99.3 cm³/mol. The minimum atomic E-state index is -0.368. The molecule has 0 radical (unpaired) electrons. The Balaban J connectivity index is 1.67. The van der Waals surface area contributed by atoms with Crippen molar-refractivity contribution in [3.05, 3.63) is 71.8 Å². The highest BCUT2D eigenvalue weighted by Gasteiger charge is 2.20. The second-order valence-corrected chi connectivity index (χ2v) is 5.77. The monoisotopic (exact) mass is 330 g/mol. The van der Waals surface area contributed by atoms with E-state index in [1.165, 1.54) is 12.2 Å². The second-order valence-electron chi connectivity index (χ2n) is 5.77. The van der Waals surface area contributed by atoms with Crippen molar-refractivity contribution in [1.29, 1.82) is 0 Å². The van der Waals surface area contributed by atoms with Crippen molar-refractivity contribution in [3.63, 3.8) is 0 Å². The zero-order valence-electron chi connectivity index (χ0n) is 13.7. The SMILES string of the molecule is C#Cc1cccc(NC(=O)/C=C/C(=O)N2CCCc3ccccc32)c1. The summed E-state index contributed by atoms with van der Waals surface area (Å²) in [6.07, 6.45) is 9.79. The third kappa shape index (κ3) is 3.96. The van der Waals surface area contributed by atoms with Gasteiger partial charge in [-0.05, 0) is 42.7 Å². The van der Waals surface area contributed by atoms with Crippen molar-refractivity contribution in [2.24, 2.45) is 0 Å². The molecule has 1 heterocycles. The first-order valence-corrected chi connectivity index (χ1v) is 8.12. The molecule has 2 amide bonds. The van der Waals surface area contributed by atoms with Gasteiger partial charge in [-0.3, -0.25) is 9.59 Å². The molecule has 0 fully saturated rings. The van der Waals surface area contributed by atoms with Crippen LogP contribution >= 0.6 is 0 Å². The molecular weight excluding hydrogens is 312 g/mol. The normalized spacial score (nSPS) is 13.2. The van der Waals surface area contributed by atoms with E-state index in [1.807, 2.05) is 24.3 Å². The van der Waals surface area contributed by atoms with Crippen LogP contribution in [0.25, 0.3) is 0 Å². The molecule has 0 bridgehead atoms. The average Bonchev–Trinajstić information content (AvgIpc) is 2.65. The lowest BCUT2D eigenvalue weighted by atomic mass is 10.0. The summed E-state index contributed by atoms with van der Waals surface area (Å²) < 4.78 is 0. The van der Waals surface area contributed by atoms with E-state index in [9.17, 15) is 9.59 Å². The molecule has 0 unspecified atom stereocenters. The molecule has 4 nitrogen and oxygen atoms in total. The lowest BCUT2D eigenvalue weighted by Gasteiger charge is -2.28. The van der Waals surface area contributed by atoms with Crippen LogP contribution in [0.4, 0.5) is 11.4 Å². The Morgan fingerprint density at radius 1 is 1.12 bits per heavy atom. The molecule has 0 saturated carbocycles. The van der Waals surface area contributed by atoms with E-state index in [1.54, 1.807) is 29.2 Å². The van der Waals surface area contributed by atoms with Crippen molar-refractivity contribution in [2.45, 2.75) is 12.8 Å². The molecule has 1 N–H and O–H groups in total. The van der Waals surface area contributed by atoms with Crippen LogP contribution in [0.15, 0.2) is 60.7 Å². The number of terminal acetylenes is 1. The molecule has 25 heavy (non-hydrogen) atoms. The molecule has 2 aromatic rings. The molecule has 0 spiro atoms. The van der Waals surface area contributed by atoms with Crippen LogP contribution in [0.1, 0.15) is 17.5 Å². The first-order valence-electron chi connectivity index (χ1n) is 8.12. The van der Waals surface area contributed by atoms with Gasteiger partial charge in [0.2, 0.25) is 5.91 Å². The number of aryl methyl sites for hydroxylation is 1. The number of carbonyl (C=O) groups is 2. The quantitative estimate of drug-likeness (QED) is 0.694. The van der Waals surface area contributed by atoms with Gasteiger partial charge in [-0.2, -0.15) is 0 Å². The fourth-order valence-corrected chi connectivity index (χ4v) is 2.87. The third-order valence-corrected chi connectivity index (χ3v) is 4.05. The fraction of sp³-hybridized carbons (Fsp3) is 0.143. The van der Waals surface area contributed by atoms with Crippen molar-refractivity contribution in [1.82, 2.24) is 0 Å². The molecule has 2 aromatic carbocycles. The minimum Gasteiger partial charge on any atom is -0.322 e. The summed E-state index contributed by atoms with van der Waals surface area (Å²) in [7, 11) is 0. The lowest BCUT2D eigenvalue weighted by Crippen LogP contribution is -2.34. The van der Waals surface area contributed by atoms with E-state index in [0.717, 1.165) is 24.1 Å². The number of carbonyl (C=O) groups excluding carboxylic acids is 2. The number of para-hydroxylation sites is 1. The summed E-state index contributed by atoms with van der Waals surface area (Å²) in [5.41, 5.74) is 3.36. The van der Waals surface area contributed by atoms with Crippen LogP contribution in [0.5, 0.6) is 0 Å². The van der Waals surface area contributed by atoms with Gasteiger partial charge in [0.05, 0.1) is 0 Å². The number of hydrogen-bond donors (Lipinski definition) is 1. The highest BCUT2D eigenvalue weighted by Crippen LogP contribution is 2.26. The molecule has 0 aromatic heterocycles. The number of fused-ring (bicyclic) bond motifs is 1. The molecule has 4 heteroatoms. The maximum absolute atomic E-state index is 12.5. The predicted octanol–water partition coefficient (Wildman–Crippen LogP) is 3.14. The van der Waals surface area contributed by atoms with Gasteiger partial charge in [-0.25, -0.2) is 0 Å².